The van der Waals surface area contributed by atoms with Crippen LogP contribution in [0.2, 0.25) is 0 Å². The van der Waals surface area contributed by atoms with Gasteiger partial charge in [0.25, 0.3) is 0 Å². The van der Waals surface area contributed by atoms with Crippen molar-refractivity contribution >= 4 is 28.1 Å². The molecule has 0 atom stereocenters. The quantitative estimate of drug-likeness (QED) is 0.337. The van der Waals surface area contributed by atoms with Crippen LogP contribution in [0.4, 0.5) is 5.00 Å². The zero-order valence-corrected chi connectivity index (χ0v) is 10.5. The predicted octanol–water partition coefficient (Wildman–Crippen LogP) is 2.67. The Morgan fingerprint density at radius 3 is 3.06 bits per heavy atom. The van der Waals surface area contributed by atoms with Gasteiger partial charge in [0.1, 0.15) is 0 Å². The van der Waals surface area contributed by atoms with Crippen molar-refractivity contribution in [2.45, 2.75) is 6.54 Å². The second-order valence-electron chi connectivity index (χ2n) is 3.04. The molecule has 1 aromatic heterocycles. The van der Waals surface area contributed by atoms with Gasteiger partial charge in [0.2, 0.25) is 0 Å². The van der Waals surface area contributed by atoms with Crippen molar-refractivity contribution in [3.63, 3.8) is 0 Å². The Morgan fingerprint density at radius 1 is 1.62 bits per heavy atom. The van der Waals surface area contributed by atoms with Gasteiger partial charge in [-0.1, -0.05) is 17.4 Å². The zero-order chi connectivity index (χ0) is 11.8. The van der Waals surface area contributed by atoms with Crippen LogP contribution in [-0.4, -0.2) is 23.0 Å². The third-order valence-electron chi connectivity index (χ3n) is 1.79. The Bertz CT molecular complexity index is 352. The van der Waals surface area contributed by atoms with Crippen LogP contribution >= 0.6 is 23.1 Å². The highest BCUT2D eigenvalue weighted by molar-refractivity contribution is 7.99. The molecule has 0 aliphatic rings. The standard InChI is InChI=1S/C10H14N2O2S2/c1-2-6-15-7-5-11-8-9-3-4-10(16-9)12(13)14/h2-4,11H,1,5-8H2. The second-order valence-corrected chi connectivity index (χ2v) is 5.33. The highest BCUT2D eigenvalue weighted by Crippen LogP contribution is 2.23. The van der Waals surface area contributed by atoms with E-state index in [1.807, 2.05) is 17.8 Å². The summed E-state index contributed by atoms with van der Waals surface area (Å²) in [5.41, 5.74) is 0. The summed E-state index contributed by atoms with van der Waals surface area (Å²) in [6.45, 7) is 5.25. The number of nitro groups is 1. The van der Waals surface area contributed by atoms with Gasteiger partial charge in [-0.2, -0.15) is 11.8 Å². The molecule has 0 aliphatic carbocycles. The van der Waals surface area contributed by atoms with Gasteiger partial charge in [0.05, 0.1) is 4.92 Å². The first kappa shape index (κ1) is 13.2. The first-order valence-electron chi connectivity index (χ1n) is 4.86. The third kappa shape index (κ3) is 4.78. The summed E-state index contributed by atoms with van der Waals surface area (Å²) in [6.07, 6.45) is 1.88. The minimum atomic E-state index is -0.353. The minimum Gasteiger partial charge on any atom is -0.311 e. The van der Waals surface area contributed by atoms with Gasteiger partial charge in [0, 0.05) is 35.5 Å². The molecule has 16 heavy (non-hydrogen) atoms. The van der Waals surface area contributed by atoms with E-state index in [2.05, 4.69) is 11.9 Å². The van der Waals surface area contributed by atoms with Crippen LogP contribution in [0.25, 0.3) is 0 Å². The Labute approximate surface area is 103 Å². The van der Waals surface area contributed by atoms with E-state index >= 15 is 0 Å². The van der Waals surface area contributed by atoms with E-state index in [9.17, 15) is 10.1 Å². The number of thioether (sulfide) groups is 1. The summed E-state index contributed by atoms with van der Waals surface area (Å²) in [7, 11) is 0. The number of hydrogen-bond donors (Lipinski definition) is 1. The van der Waals surface area contributed by atoms with Crippen molar-refractivity contribution in [3.8, 4) is 0 Å². The lowest BCUT2D eigenvalue weighted by atomic mass is 10.4. The first-order chi connectivity index (χ1) is 7.74. The van der Waals surface area contributed by atoms with Gasteiger partial charge in [-0.25, -0.2) is 0 Å². The smallest absolute Gasteiger partial charge is 0.311 e. The lowest BCUT2D eigenvalue weighted by Crippen LogP contribution is -2.15. The summed E-state index contributed by atoms with van der Waals surface area (Å²) in [6, 6.07) is 3.35. The summed E-state index contributed by atoms with van der Waals surface area (Å²) in [5.74, 6) is 1.99. The summed E-state index contributed by atoms with van der Waals surface area (Å²) in [4.78, 5) is 11.1. The molecule has 4 nitrogen and oxygen atoms in total. The van der Waals surface area contributed by atoms with E-state index in [4.69, 9.17) is 0 Å². The number of nitrogens with zero attached hydrogens (tertiary/aromatic N) is 1. The normalized spacial score (nSPS) is 10.2. The maximum atomic E-state index is 10.4. The largest absolute Gasteiger partial charge is 0.324 e. The van der Waals surface area contributed by atoms with Crippen LogP contribution in [0.3, 0.4) is 0 Å². The Morgan fingerprint density at radius 2 is 2.44 bits per heavy atom. The summed E-state index contributed by atoms with van der Waals surface area (Å²) >= 11 is 3.04. The maximum absolute atomic E-state index is 10.4. The fourth-order valence-electron chi connectivity index (χ4n) is 1.08. The van der Waals surface area contributed by atoms with Crippen molar-refractivity contribution < 1.29 is 4.92 Å². The van der Waals surface area contributed by atoms with Crippen LogP contribution in [-0.2, 0) is 6.54 Å². The van der Waals surface area contributed by atoms with E-state index in [0.29, 0.717) is 6.54 Å². The highest BCUT2D eigenvalue weighted by atomic mass is 32.2. The van der Waals surface area contributed by atoms with Crippen molar-refractivity contribution in [2.24, 2.45) is 0 Å². The average molecular weight is 258 g/mol. The molecule has 0 saturated heterocycles. The molecular formula is C10H14N2O2S2. The molecule has 0 aliphatic heterocycles. The van der Waals surface area contributed by atoms with E-state index in [0.717, 1.165) is 22.9 Å². The molecule has 0 amide bonds. The van der Waals surface area contributed by atoms with Gasteiger partial charge in [-0.15, -0.1) is 6.58 Å². The average Bonchev–Trinajstić information content (AvgIpc) is 2.72. The van der Waals surface area contributed by atoms with Crippen molar-refractivity contribution in [1.82, 2.24) is 5.32 Å². The fraction of sp³-hybridized carbons (Fsp3) is 0.400. The van der Waals surface area contributed by atoms with Crippen LogP contribution < -0.4 is 5.32 Å². The zero-order valence-electron chi connectivity index (χ0n) is 8.85. The molecule has 6 heteroatoms. The molecule has 0 saturated carbocycles. The van der Waals surface area contributed by atoms with Gasteiger partial charge in [0.15, 0.2) is 0 Å². The SMILES string of the molecule is C=CCSCCNCc1ccc([N+](=O)[O-])s1. The Balaban J connectivity index is 2.16. The number of rotatable bonds is 8. The molecule has 0 unspecified atom stereocenters. The molecule has 0 spiro atoms. The molecule has 0 bridgehead atoms. The van der Waals surface area contributed by atoms with Crippen molar-refractivity contribution in [3.05, 3.63) is 39.8 Å². The van der Waals surface area contributed by atoms with E-state index in [1.54, 1.807) is 12.1 Å². The van der Waals surface area contributed by atoms with E-state index in [1.165, 1.54) is 11.3 Å². The van der Waals surface area contributed by atoms with Crippen LogP contribution in [0.15, 0.2) is 24.8 Å². The Kier molecular flexibility index (Phi) is 6.14. The van der Waals surface area contributed by atoms with Gasteiger partial charge < -0.3 is 5.32 Å². The number of thiophene rings is 1. The molecule has 0 radical (unpaired) electrons. The number of nitrogens with one attached hydrogen (secondary N) is 1. The molecule has 0 fully saturated rings. The predicted molar refractivity (Wildman–Crippen MR) is 70.2 cm³/mol. The lowest BCUT2D eigenvalue weighted by Gasteiger charge is -2.01. The van der Waals surface area contributed by atoms with E-state index < -0.39 is 0 Å². The minimum absolute atomic E-state index is 0.206. The monoisotopic (exact) mass is 258 g/mol. The highest BCUT2D eigenvalue weighted by Gasteiger charge is 2.08. The van der Waals surface area contributed by atoms with Gasteiger partial charge >= 0.3 is 5.00 Å². The molecule has 1 heterocycles. The molecule has 1 aromatic rings. The topological polar surface area (TPSA) is 55.2 Å². The van der Waals surface area contributed by atoms with Gasteiger partial charge in [-0.3, -0.25) is 10.1 Å². The summed E-state index contributed by atoms with van der Waals surface area (Å²) < 4.78 is 0. The second kappa shape index (κ2) is 7.43. The molecule has 1 rings (SSSR count). The fourth-order valence-corrected chi connectivity index (χ4v) is 2.49. The molecular weight excluding hydrogens is 244 g/mol. The van der Waals surface area contributed by atoms with Crippen LogP contribution in [0, 0.1) is 10.1 Å². The third-order valence-corrected chi connectivity index (χ3v) is 3.79. The lowest BCUT2D eigenvalue weighted by molar-refractivity contribution is -0.380. The Hall–Kier alpha value is -0.850. The summed E-state index contributed by atoms with van der Waals surface area (Å²) in [5, 5.41) is 13.9. The van der Waals surface area contributed by atoms with Gasteiger partial charge in [-0.05, 0) is 6.07 Å². The first-order valence-corrected chi connectivity index (χ1v) is 6.83. The molecule has 0 aromatic carbocycles. The molecule has 1 N–H and O–H groups in total. The van der Waals surface area contributed by atoms with Crippen molar-refractivity contribution in [1.29, 1.82) is 0 Å². The van der Waals surface area contributed by atoms with Crippen LogP contribution in [0.5, 0.6) is 0 Å². The van der Waals surface area contributed by atoms with E-state index in [-0.39, 0.29) is 9.92 Å². The number of hydrogen-bond acceptors (Lipinski definition) is 5. The van der Waals surface area contributed by atoms with Crippen molar-refractivity contribution in [2.75, 3.05) is 18.1 Å². The molecule has 88 valence electrons. The van der Waals surface area contributed by atoms with Crippen LogP contribution in [0.1, 0.15) is 4.88 Å². The maximum Gasteiger partial charge on any atom is 0.324 e.